The van der Waals surface area contributed by atoms with Gasteiger partial charge in [-0.2, -0.15) is 4.98 Å². The van der Waals surface area contributed by atoms with Gasteiger partial charge in [-0.05, 0) is 12.5 Å². The first-order valence-corrected chi connectivity index (χ1v) is 12.3. The predicted octanol–water partition coefficient (Wildman–Crippen LogP) is 4.17. The van der Waals surface area contributed by atoms with Crippen LogP contribution in [0.25, 0.3) is 22.4 Å². The van der Waals surface area contributed by atoms with E-state index in [4.69, 9.17) is 4.74 Å². The second kappa shape index (κ2) is 11.0. The van der Waals surface area contributed by atoms with E-state index in [0.29, 0.717) is 11.3 Å². The number of H-pyrrole nitrogens is 1. The van der Waals surface area contributed by atoms with Crippen molar-refractivity contribution < 1.29 is 19.4 Å². The molecule has 0 unspecified atom stereocenters. The summed E-state index contributed by atoms with van der Waals surface area (Å²) in [6.45, 7) is 1.92. The van der Waals surface area contributed by atoms with E-state index in [0.717, 1.165) is 28.7 Å². The number of aromatic amines is 1. The van der Waals surface area contributed by atoms with Crippen LogP contribution in [0.5, 0.6) is 5.88 Å². The fraction of sp³-hybridized carbons (Fsp3) is 0.125. The molecule has 11 heteroatoms. The van der Waals surface area contributed by atoms with Crippen molar-refractivity contribution >= 4 is 40.1 Å². The lowest BCUT2D eigenvalue weighted by atomic mass is 10.1. The van der Waals surface area contributed by atoms with Gasteiger partial charge in [0.1, 0.15) is 10.4 Å². The summed E-state index contributed by atoms with van der Waals surface area (Å²) >= 11 is 1.96. The summed E-state index contributed by atoms with van der Waals surface area (Å²) in [5.74, 6) is -1.47. The number of benzene rings is 2. The average Bonchev–Trinajstić information content (AvgIpc) is 3.27. The molecule has 9 nitrogen and oxygen atoms in total. The summed E-state index contributed by atoms with van der Waals surface area (Å²) in [6.07, 6.45) is 0. The first-order chi connectivity index (χ1) is 17.0. The molecule has 1 amide bonds. The van der Waals surface area contributed by atoms with Crippen molar-refractivity contribution in [3.63, 3.8) is 0 Å². The topological polar surface area (TPSA) is 134 Å². The van der Waals surface area contributed by atoms with Gasteiger partial charge in [0.15, 0.2) is 10.3 Å². The van der Waals surface area contributed by atoms with E-state index in [1.165, 1.54) is 0 Å². The van der Waals surface area contributed by atoms with Crippen molar-refractivity contribution in [2.24, 2.45) is 0 Å². The Morgan fingerprint density at radius 2 is 1.71 bits per heavy atom. The van der Waals surface area contributed by atoms with Gasteiger partial charge >= 0.3 is 5.97 Å². The number of amides is 1. The molecular formula is C24H20N4O5S2. The molecule has 0 aliphatic carbocycles. The van der Waals surface area contributed by atoms with E-state index >= 15 is 0 Å². The number of nitrogens with one attached hydrogen (secondary N) is 2. The van der Waals surface area contributed by atoms with Crippen LogP contribution in [0.2, 0.25) is 0 Å². The zero-order chi connectivity index (χ0) is 24.8. The number of hydrogen-bond acceptors (Lipinski definition) is 9. The van der Waals surface area contributed by atoms with Gasteiger partial charge in [-0.25, -0.2) is 9.78 Å². The van der Waals surface area contributed by atoms with E-state index in [-0.39, 0.29) is 33.1 Å². The number of carbonyl (C=O) groups excluding carboxylic acids is 2. The molecule has 4 aromatic rings. The molecule has 0 radical (unpaired) electrons. The van der Waals surface area contributed by atoms with E-state index in [9.17, 15) is 19.5 Å². The molecule has 0 aliphatic heterocycles. The van der Waals surface area contributed by atoms with Crippen LogP contribution < -0.4 is 10.9 Å². The minimum atomic E-state index is -0.519. The van der Waals surface area contributed by atoms with Crippen LogP contribution in [0.3, 0.4) is 0 Å². The highest BCUT2D eigenvalue weighted by atomic mass is 32.2. The maximum Gasteiger partial charge on any atom is 0.350 e. The van der Waals surface area contributed by atoms with Gasteiger partial charge in [-0.3, -0.25) is 9.59 Å². The number of thioether (sulfide) groups is 1. The smallest absolute Gasteiger partial charge is 0.350 e. The molecular weight excluding hydrogens is 488 g/mol. The Bertz CT molecular complexity index is 1400. The molecule has 0 aliphatic rings. The molecule has 2 heterocycles. The number of carbonyl (C=O) groups is 2. The van der Waals surface area contributed by atoms with Crippen LogP contribution in [-0.4, -0.2) is 44.3 Å². The Morgan fingerprint density at radius 3 is 2.34 bits per heavy atom. The quantitative estimate of drug-likeness (QED) is 0.183. The monoisotopic (exact) mass is 508 g/mol. The highest BCUT2D eigenvalue weighted by Gasteiger charge is 2.22. The second-order valence-electron chi connectivity index (χ2n) is 7.06. The zero-order valence-electron chi connectivity index (χ0n) is 18.5. The normalized spacial score (nSPS) is 10.7. The van der Waals surface area contributed by atoms with Crippen LogP contribution >= 0.6 is 23.1 Å². The Kier molecular flexibility index (Phi) is 7.58. The highest BCUT2D eigenvalue weighted by Crippen LogP contribution is 2.32. The van der Waals surface area contributed by atoms with E-state index in [1.807, 2.05) is 30.3 Å². The minimum absolute atomic E-state index is 0.0575. The Labute approximate surface area is 208 Å². The number of anilines is 1. The lowest BCUT2D eigenvalue weighted by molar-refractivity contribution is -0.113. The predicted molar refractivity (Wildman–Crippen MR) is 135 cm³/mol. The fourth-order valence-corrected chi connectivity index (χ4v) is 4.72. The van der Waals surface area contributed by atoms with Crippen molar-refractivity contribution in [1.29, 1.82) is 0 Å². The van der Waals surface area contributed by atoms with E-state index in [1.54, 1.807) is 37.3 Å². The van der Waals surface area contributed by atoms with Crippen molar-refractivity contribution in [3.8, 4) is 28.3 Å². The summed E-state index contributed by atoms with van der Waals surface area (Å²) in [6, 6.07) is 17.8. The number of hydrogen-bond donors (Lipinski definition) is 3. The van der Waals surface area contributed by atoms with Crippen LogP contribution in [0.15, 0.2) is 70.6 Å². The lowest BCUT2D eigenvalue weighted by Gasteiger charge is -2.06. The van der Waals surface area contributed by atoms with Gasteiger partial charge in [0, 0.05) is 5.56 Å². The first kappa shape index (κ1) is 24.2. The summed E-state index contributed by atoms with van der Waals surface area (Å²) < 4.78 is 5.13. The number of aromatic hydroxyl groups is 1. The van der Waals surface area contributed by atoms with Crippen LogP contribution in [0, 0.1) is 0 Å². The van der Waals surface area contributed by atoms with Gasteiger partial charge in [0.05, 0.1) is 18.1 Å². The summed E-state index contributed by atoms with van der Waals surface area (Å²) in [7, 11) is 0. The highest BCUT2D eigenvalue weighted by molar-refractivity contribution is 7.99. The number of thiazole rings is 1. The fourth-order valence-electron chi connectivity index (χ4n) is 3.16. The molecule has 0 bridgehead atoms. The molecule has 0 atom stereocenters. The third-order valence-electron chi connectivity index (χ3n) is 4.66. The molecule has 2 aromatic carbocycles. The first-order valence-electron chi connectivity index (χ1n) is 10.5. The molecule has 0 spiro atoms. The number of rotatable bonds is 8. The molecule has 4 rings (SSSR count). The largest absolute Gasteiger partial charge is 0.493 e. The minimum Gasteiger partial charge on any atom is -0.493 e. The summed E-state index contributed by atoms with van der Waals surface area (Å²) in [5, 5.41) is 13.3. The van der Waals surface area contributed by atoms with Crippen molar-refractivity contribution in [3.05, 3.63) is 75.9 Å². The summed E-state index contributed by atoms with van der Waals surface area (Å²) in [4.78, 5) is 48.7. The van der Waals surface area contributed by atoms with Gasteiger partial charge in [0.25, 0.3) is 5.56 Å². The molecule has 2 aromatic heterocycles. The maximum absolute atomic E-state index is 12.5. The average molecular weight is 509 g/mol. The van der Waals surface area contributed by atoms with E-state index in [2.05, 4.69) is 20.3 Å². The standard InChI is InChI=1S/C24H20N4O5S2/c1-2-33-22(32)19-18(15-11-7-4-8-12-15)26-24(35-19)25-16(29)13-34-23-27-20(30)17(21(31)28-23)14-9-5-3-6-10-14/h3-12H,2,13H2,1H3,(H,25,26,29)(H2,27,28,30,31). The summed E-state index contributed by atoms with van der Waals surface area (Å²) in [5.41, 5.74) is 1.21. The van der Waals surface area contributed by atoms with Crippen LogP contribution in [0.4, 0.5) is 5.13 Å². The SMILES string of the molecule is CCOC(=O)c1sc(NC(=O)CSc2nc(O)c(-c3ccccc3)c(=O)[nH]2)nc1-c1ccccc1. The lowest BCUT2D eigenvalue weighted by Crippen LogP contribution is -2.16. The Morgan fingerprint density at radius 1 is 1.06 bits per heavy atom. The molecule has 178 valence electrons. The number of nitrogens with zero attached hydrogens (tertiary/aromatic N) is 2. The number of aromatic nitrogens is 3. The van der Waals surface area contributed by atoms with Crippen LogP contribution in [0.1, 0.15) is 16.6 Å². The second-order valence-corrected chi connectivity index (χ2v) is 9.02. The number of ether oxygens (including phenoxy) is 1. The zero-order valence-corrected chi connectivity index (χ0v) is 20.1. The van der Waals surface area contributed by atoms with Gasteiger partial charge < -0.3 is 20.1 Å². The number of esters is 1. The molecule has 3 N–H and O–H groups in total. The Hall–Kier alpha value is -3.96. The van der Waals surface area contributed by atoms with Crippen LogP contribution in [-0.2, 0) is 9.53 Å². The maximum atomic E-state index is 12.5. The van der Waals surface area contributed by atoms with E-state index < -0.39 is 23.3 Å². The van der Waals surface area contributed by atoms with Gasteiger partial charge in [-0.1, -0.05) is 83.8 Å². The molecule has 0 saturated heterocycles. The third-order valence-corrected chi connectivity index (χ3v) is 6.49. The molecule has 0 fully saturated rings. The van der Waals surface area contributed by atoms with Crippen molar-refractivity contribution in [2.45, 2.75) is 12.1 Å². The van der Waals surface area contributed by atoms with Crippen molar-refractivity contribution in [2.75, 3.05) is 17.7 Å². The third kappa shape index (κ3) is 5.76. The Balaban J connectivity index is 1.47. The molecule has 35 heavy (non-hydrogen) atoms. The van der Waals surface area contributed by atoms with Gasteiger partial charge in [0.2, 0.25) is 11.8 Å². The van der Waals surface area contributed by atoms with Gasteiger partial charge in [-0.15, -0.1) is 0 Å². The van der Waals surface area contributed by atoms with Crippen molar-refractivity contribution in [1.82, 2.24) is 15.0 Å². The molecule has 0 saturated carbocycles.